The fourth-order valence-corrected chi connectivity index (χ4v) is 2.66. The van der Waals surface area contributed by atoms with Crippen molar-refractivity contribution in [3.63, 3.8) is 0 Å². The van der Waals surface area contributed by atoms with E-state index in [0.717, 1.165) is 5.56 Å². The molecular weight excluding hydrogens is 312 g/mol. The van der Waals surface area contributed by atoms with Crippen molar-refractivity contribution < 1.29 is 19.0 Å². The second kappa shape index (κ2) is 6.66. The molecule has 7 nitrogen and oxygen atoms in total. The number of amides is 1. The van der Waals surface area contributed by atoms with Gasteiger partial charge in [-0.15, -0.1) is 0 Å². The quantitative estimate of drug-likeness (QED) is 0.877. The Labute approximate surface area is 138 Å². The third-order valence-corrected chi connectivity index (χ3v) is 3.85. The van der Waals surface area contributed by atoms with Gasteiger partial charge in [-0.1, -0.05) is 12.1 Å². The van der Waals surface area contributed by atoms with E-state index in [4.69, 9.17) is 14.2 Å². The molecule has 0 saturated carbocycles. The van der Waals surface area contributed by atoms with Gasteiger partial charge in [0.15, 0.2) is 17.2 Å². The first-order valence-electron chi connectivity index (χ1n) is 7.48. The van der Waals surface area contributed by atoms with Crippen LogP contribution >= 0.6 is 0 Å². The van der Waals surface area contributed by atoms with Gasteiger partial charge in [0.1, 0.15) is 12.3 Å². The highest BCUT2D eigenvalue weighted by Crippen LogP contribution is 2.34. The van der Waals surface area contributed by atoms with E-state index in [-0.39, 0.29) is 28.8 Å². The molecule has 7 heteroatoms. The highest BCUT2D eigenvalue weighted by molar-refractivity contribution is 5.92. The molecule has 0 saturated heterocycles. The zero-order chi connectivity index (χ0) is 17.1. The second-order valence-corrected chi connectivity index (χ2v) is 5.41. The van der Waals surface area contributed by atoms with E-state index in [2.05, 4.69) is 10.3 Å². The molecule has 1 aliphatic rings. The number of rotatable bonds is 4. The van der Waals surface area contributed by atoms with Crippen LogP contribution < -0.4 is 25.0 Å². The number of H-pyrrole nitrogens is 1. The molecule has 0 bridgehead atoms. The van der Waals surface area contributed by atoms with E-state index in [0.29, 0.717) is 24.5 Å². The molecule has 1 amide bonds. The van der Waals surface area contributed by atoms with Gasteiger partial charge in [-0.3, -0.25) is 9.59 Å². The summed E-state index contributed by atoms with van der Waals surface area (Å²) in [6.07, 6.45) is 1.99. The number of hydrogen-bond acceptors (Lipinski definition) is 5. The molecule has 126 valence electrons. The number of ether oxygens (including phenoxy) is 3. The lowest BCUT2D eigenvalue weighted by Crippen LogP contribution is -2.43. The van der Waals surface area contributed by atoms with Crippen LogP contribution in [0.25, 0.3) is 0 Å². The van der Waals surface area contributed by atoms with E-state index in [1.54, 1.807) is 7.11 Å². The molecule has 1 aliphatic heterocycles. The summed E-state index contributed by atoms with van der Waals surface area (Å²) in [6, 6.07) is 6.68. The zero-order valence-corrected chi connectivity index (χ0v) is 13.4. The number of carbonyl (C=O) groups is 1. The summed E-state index contributed by atoms with van der Waals surface area (Å²) < 4.78 is 15.9. The number of carbonyl (C=O) groups excluding carboxylic acids is 1. The van der Waals surface area contributed by atoms with Gasteiger partial charge in [-0.2, -0.15) is 0 Å². The predicted octanol–water partition coefficient (Wildman–Crippen LogP) is 1.13. The Bertz CT molecular complexity index is 815. The maximum Gasteiger partial charge on any atom is 0.268 e. The maximum atomic E-state index is 12.3. The monoisotopic (exact) mass is 330 g/mol. The Kier molecular flexibility index (Phi) is 4.41. The molecule has 1 aromatic heterocycles. The van der Waals surface area contributed by atoms with Crippen molar-refractivity contribution in [2.45, 2.75) is 12.5 Å². The predicted molar refractivity (Wildman–Crippen MR) is 87.1 cm³/mol. The van der Waals surface area contributed by atoms with Crippen molar-refractivity contribution in [2.75, 3.05) is 20.8 Å². The lowest BCUT2D eigenvalue weighted by atomic mass is 10.0. The average Bonchev–Trinajstić information content (AvgIpc) is 2.60. The van der Waals surface area contributed by atoms with Gasteiger partial charge in [-0.05, 0) is 12.5 Å². The molecule has 1 aromatic carbocycles. The summed E-state index contributed by atoms with van der Waals surface area (Å²) in [5.41, 5.74) is 0.794. The summed E-state index contributed by atoms with van der Waals surface area (Å²) in [5, 5.41) is 2.86. The van der Waals surface area contributed by atoms with Gasteiger partial charge in [0.25, 0.3) is 5.91 Å². The Hall–Kier alpha value is -2.96. The number of aromatic nitrogens is 1. The van der Waals surface area contributed by atoms with Crippen LogP contribution in [0.15, 0.2) is 35.3 Å². The Balaban J connectivity index is 1.72. The topological polar surface area (TPSA) is 89.7 Å². The van der Waals surface area contributed by atoms with Crippen molar-refractivity contribution in [2.24, 2.45) is 0 Å². The largest absolute Gasteiger partial charge is 0.493 e. The molecule has 0 radical (unpaired) electrons. The minimum absolute atomic E-state index is 0.161. The highest BCUT2D eigenvalue weighted by atomic mass is 16.5. The molecule has 1 atom stereocenters. The van der Waals surface area contributed by atoms with E-state index in [9.17, 15) is 9.59 Å². The van der Waals surface area contributed by atoms with Crippen LogP contribution in [0, 0.1) is 0 Å². The number of pyridine rings is 1. The Morgan fingerprint density at radius 3 is 2.79 bits per heavy atom. The van der Waals surface area contributed by atoms with Crippen molar-refractivity contribution in [3.05, 3.63) is 51.9 Å². The number of hydrogen-bond donors (Lipinski definition) is 2. The first-order chi connectivity index (χ1) is 11.6. The second-order valence-electron chi connectivity index (χ2n) is 5.41. The molecule has 24 heavy (non-hydrogen) atoms. The summed E-state index contributed by atoms with van der Waals surface area (Å²) in [7, 11) is 2.99. The lowest BCUT2D eigenvalue weighted by molar-refractivity contribution is 0.0909. The minimum Gasteiger partial charge on any atom is -0.493 e. The molecule has 2 heterocycles. The molecule has 3 rings (SSSR count). The number of methoxy groups -OCH3 is 2. The summed E-state index contributed by atoms with van der Waals surface area (Å²) in [6.45, 7) is 0.333. The van der Waals surface area contributed by atoms with E-state index in [1.807, 2.05) is 18.2 Å². The third-order valence-electron chi connectivity index (χ3n) is 3.85. The Morgan fingerprint density at radius 2 is 2.08 bits per heavy atom. The fraction of sp³-hybridized carbons (Fsp3) is 0.294. The first-order valence-corrected chi connectivity index (χ1v) is 7.48. The zero-order valence-electron chi connectivity index (χ0n) is 13.4. The number of para-hydroxylation sites is 1. The summed E-state index contributed by atoms with van der Waals surface area (Å²) in [5.74, 6) is 1.18. The van der Waals surface area contributed by atoms with Crippen LogP contribution in [0.1, 0.15) is 16.1 Å². The fourth-order valence-electron chi connectivity index (χ4n) is 2.66. The third kappa shape index (κ3) is 3.05. The SMILES string of the molecule is COc1cccc2c1OC[C@H](NC(=O)c1cc(=O)c(OC)c[nH]1)C2. The Morgan fingerprint density at radius 1 is 1.29 bits per heavy atom. The highest BCUT2D eigenvalue weighted by Gasteiger charge is 2.24. The smallest absolute Gasteiger partial charge is 0.268 e. The van der Waals surface area contributed by atoms with Gasteiger partial charge in [0.05, 0.1) is 20.3 Å². The van der Waals surface area contributed by atoms with Crippen LogP contribution in [0.4, 0.5) is 0 Å². The molecule has 2 aromatic rings. The molecule has 2 N–H and O–H groups in total. The van der Waals surface area contributed by atoms with Gasteiger partial charge in [0.2, 0.25) is 5.43 Å². The first kappa shape index (κ1) is 15.9. The van der Waals surface area contributed by atoms with Crippen molar-refractivity contribution >= 4 is 5.91 Å². The van der Waals surface area contributed by atoms with Crippen molar-refractivity contribution in [1.29, 1.82) is 0 Å². The van der Waals surface area contributed by atoms with Crippen LogP contribution in [0.3, 0.4) is 0 Å². The van der Waals surface area contributed by atoms with Gasteiger partial charge in [0, 0.05) is 17.8 Å². The number of fused-ring (bicyclic) bond motifs is 1. The number of aromatic amines is 1. The van der Waals surface area contributed by atoms with Crippen molar-refractivity contribution in [1.82, 2.24) is 10.3 Å². The lowest BCUT2D eigenvalue weighted by Gasteiger charge is -2.27. The molecular formula is C17H18N2O5. The van der Waals surface area contributed by atoms with Crippen LogP contribution in [-0.4, -0.2) is 37.8 Å². The van der Waals surface area contributed by atoms with E-state index < -0.39 is 0 Å². The maximum absolute atomic E-state index is 12.3. The summed E-state index contributed by atoms with van der Waals surface area (Å²) >= 11 is 0. The number of benzene rings is 1. The minimum atomic E-state index is -0.366. The average molecular weight is 330 g/mol. The van der Waals surface area contributed by atoms with Crippen LogP contribution in [-0.2, 0) is 6.42 Å². The van der Waals surface area contributed by atoms with E-state index in [1.165, 1.54) is 19.4 Å². The molecule has 0 aliphatic carbocycles. The van der Waals surface area contributed by atoms with Gasteiger partial charge in [-0.25, -0.2) is 0 Å². The van der Waals surface area contributed by atoms with E-state index >= 15 is 0 Å². The van der Waals surface area contributed by atoms with Gasteiger partial charge < -0.3 is 24.5 Å². The molecule has 0 unspecified atom stereocenters. The van der Waals surface area contributed by atoms with Crippen LogP contribution in [0.2, 0.25) is 0 Å². The normalized spacial score (nSPS) is 15.8. The number of nitrogens with one attached hydrogen (secondary N) is 2. The standard InChI is InChI=1S/C17H18N2O5/c1-22-14-5-3-4-10-6-11(9-24-16(10)14)19-17(21)12-7-13(20)15(23-2)8-18-12/h3-5,7-8,11H,6,9H2,1-2H3,(H,18,20)(H,19,21)/t11-/m1/s1. The molecule has 0 fully saturated rings. The van der Waals surface area contributed by atoms with Gasteiger partial charge >= 0.3 is 0 Å². The van der Waals surface area contributed by atoms with Crippen LogP contribution in [0.5, 0.6) is 17.2 Å². The van der Waals surface area contributed by atoms with Crippen molar-refractivity contribution in [3.8, 4) is 17.2 Å². The molecule has 0 spiro atoms. The summed E-state index contributed by atoms with van der Waals surface area (Å²) in [4.78, 5) is 26.8.